The Bertz CT molecular complexity index is 305. The molecule has 0 radical (unpaired) electrons. The van der Waals surface area contributed by atoms with Crippen LogP contribution in [-0.2, 0) is 17.8 Å². The molecule has 0 amide bonds. The van der Waals surface area contributed by atoms with E-state index in [1.54, 1.807) is 0 Å². The first kappa shape index (κ1) is 11.6. The average molecular weight is 223 g/mol. The summed E-state index contributed by atoms with van der Waals surface area (Å²) in [5, 5.41) is 3.34. The maximum atomic E-state index is 5.38. The van der Waals surface area contributed by atoms with Gasteiger partial charge in [0.2, 0.25) is 0 Å². The van der Waals surface area contributed by atoms with E-state index < -0.39 is 0 Å². The highest BCUT2D eigenvalue weighted by molar-refractivity contribution is 4.98. The highest BCUT2D eigenvalue weighted by Gasteiger charge is 2.15. The molecule has 0 atom stereocenters. The van der Waals surface area contributed by atoms with Crippen LogP contribution in [0, 0.1) is 5.92 Å². The molecular formula is C12H21N3O. The van der Waals surface area contributed by atoms with Crippen molar-refractivity contribution in [3.05, 3.63) is 18.2 Å². The second-order valence-electron chi connectivity index (χ2n) is 4.37. The molecular weight excluding hydrogens is 202 g/mol. The first-order valence-corrected chi connectivity index (χ1v) is 6.17. The molecule has 1 aromatic heterocycles. The maximum absolute atomic E-state index is 5.38. The van der Waals surface area contributed by atoms with Gasteiger partial charge in [0.05, 0.1) is 12.0 Å². The smallest absolute Gasteiger partial charge is 0.0948 e. The maximum Gasteiger partial charge on any atom is 0.0948 e. The van der Waals surface area contributed by atoms with Gasteiger partial charge in [0.25, 0.3) is 0 Å². The lowest BCUT2D eigenvalue weighted by Crippen LogP contribution is -2.22. The van der Waals surface area contributed by atoms with Crippen molar-refractivity contribution >= 4 is 0 Å². The standard InChI is InChI=1S/C12H21N3O/c1-2-13-7-12-8-14-10-15(12)9-11-3-5-16-6-4-11/h8,10-11,13H,2-7,9H2,1H3. The number of aromatic nitrogens is 2. The molecule has 1 N–H and O–H groups in total. The van der Waals surface area contributed by atoms with Crippen molar-refractivity contribution in [1.29, 1.82) is 0 Å². The summed E-state index contributed by atoms with van der Waals surface area (Å²) >= 11 is 0. The largest absolute Gasteiger partial charge is 0.381 e. The molecule has 2 rings (SSSR count). The normalized spacial score (nSPS) is 17.8. The van der Waals surface area contributed by atoms with Gasteiger partial charge in [0.15, 0.2) is 0 Å². The Kier molecular flexibility index (Phi) is 4.36. The van der Waals surface area contributed by atoms with Gasteiger partial charge < -0.3 is 14.6 Å². The number of hydrogen-bond acceptors (Lipinski definition) is 3. The van der Waals surface area contributed by atoms with Crippen molar-refractivity contribution in [3.63, 3.8) is 0 Å². The number of ether oxygens (including phenoxy) is 1. The predicted octanol–water partition coefficient (Wildman–Crippen LogP) is 1.42. The molecule has 0 spiro atoms. The summed E-state index contributed by atoms with van der Waals surface area (Å²) in [6.45, 7) is 6.97. The molecule has 90 valence electrons. The van der Waals surface area contributed by atoms with Gasteiger partial charge in [0.1, 0.15) is 0 Å². The van der Waals surface area contributed by atoms with E-state index in [0.717, 1.165) is 38.8 Å². The van der Waals surface area contributed by atoms with Gasteiger partial charge in [-0.25, -0.2) is 4.98 Å². The van der Waals surface area contributed by atoms with Crippen molar-refractivity contribution in [2.45, 2.75) is 32.9 Å². The van der Waals surface area contributed by atoms with E-state index in [4.69, 9.17) is 4.74 Å². The molecule has 4 nitrogen and oxygen atoms in total. The molecule has 0 aromatic carbocycles. The summed E-state index contributed by atoms with van der Waals surface area (Å²) in [4.78, 5) is 4.23. The Morgan fingerprint density at radius 2 is 2.31 bits per heavy atom. The molecule has 1 saturated heterocycles. The molecule has 0 bridgehead atoms. The van der Waals surface area contributed by atoms with E-state index in [-0.39, 0.29) is 0 Å². The van der Waals surface area contributed by atoms with Crippen LogP contribution in [0.3, 0.4) is 0 Å². The van der Waals surface area contributed by atoms with Crippen LogP contribution in [-0.4, -0.2) is 29.3 Å². The van der Waals surface area contributed by atoms with Gasteiger partial charge in [-0.2, -0.15) is 0 Å². The van der Waals surface area contributed by atoms with E-state index in [2.05, 4.69) is 21.8 Å². The monoisotopic (exact) mass is 223 g/mol. The molecule has 16 heavy (non-hydrogen) atoms. The Morgan fingerprint density at radius 3 is 3.06 bits per heavy atom. The summed E-state index contributed by atoms with van der Waals surface area (Å²) in [6.07, 6.45) is 6.27. The van der Waals surface area contributed by atoms with Gasteiger partial charge in [-0.3, -0.25) is 0 Å². The first-order valence-electron chi connectivity index (χ1n) is 6.17. The van der Waals surface area contributed by atoms with Crippen LogP contribution in [0.25, 0.3) is 0 Å². The molecule has 2 heterocycles. The van der Waals surface area contributed by atoms with E-state index in [9.17, 15) is 0 Å². The number of imidazole rings is 1. The van der Waals surface area contributed by atoms with E-state index >= 15 is 0 Å². The molecule has 1 fully saturated rings. The van der Waals surface area contributed by atoms with Gasteiger partial charge in [0, 0.05) is 32.5 Å². The summed E-state index contributed by atoms with van der Waals surface area (Å²) in [5.74, 6) is 0.753. The summed E-state index contributed by atoms with van der Waals surface area (Å²) in [5.41, 5.74) is 1.29. The summed E-state index contributed by atoms with van der Waals surface area (Å²) < 4.78 is 7.65. The Balaban J connectivity index is 1.89. The lowest BCUT2D eigenvalue weighted by atomic mass is 10.0. The van der Waals surface area contributed by atoms with Gasteiger partial charge in [-0.15, -0.1) is 0 Å². The predicted molar refractivity (Wildman–Crippen MR) is 63.2 cm³/mol. The third kappa shape index (κ3) is 3.06. The first-order chi connectivity index (χ1) is 7.90. The van der Waals surface area contributed by atoms with E-state index in [1.165, 1.54) is 18.5 Å². The summed E-state index contributed by atoms with van der Waals surface area (Å²) in [6, 6.07) is 0. The Labute approximate surface area is 97.0 Å². The van der Waals surface area contributed by atoms with Crippen molar-refractivity contribution in [2.75, 3.05) is 19.8 Å². The number of rotatable bonds is 5. The molecule has 4 heteroatoms. The second-order valence-corrected chi connectivity index (χ2v) is 4.37. The second kappa shape index (κ2) is 6.01. The fraction of sp³-hybridized carbons (Fsp3) is 0.750. The zero-order chi connectivity index (χ0) is 11.2. The topological polar surface area (TPSA) is 39.1 Å². The summed E-state index contributed by atoms with van der Waals surface area (Å²) in [7, 11) is 0. The molecule has 0 saturated carbocycles. The van der Waals surface area contributed by atoms with Crippen molar-refractivity contribution in [1.82, 2.24) is 14.9 Å². The number of hydrogen-bond donors (Lipinski definition) is 1. The van der Waals surface area contributed by atoms with Crippen LogP contribution in [0.4, 0.5) is 0 Å². The highest BCUT2D eigenvalue weighted by Crippen LogP contribution is 2.17. The van der Waals surface area contributed by atoms with Crippen LogP contribution in [0.2, 0.25) is 0 Å². The van der Waals surface area contributed by atoms with Crippen LogP contribution >= 0.6 is 0 Å². The molecule has 1 aromatic rings. The average Bonchev–Trinajstić information content (AvgIpc) is 2.75. The highest BCUT2D eigenvalue weighted by atomic mass is 16.5. The zero-order valence-corrected chi connectivity index (χ0v) is 9.98. The van der Waals surface area contributed by atoms with E-state index in [0.29, 0.717) is 0 Å². The van der Waals surface area contributed by atoms with Crippen molar-refractivity contribution in [3.8, 4) is 0 Å². The fourth-order valence-electron chi connectivity index (χ4n) is 2.12. The minimum absolute atomic E-state index is 0.753. The lowest BCUT2D eigenvalue weighted by Gasteiger charge is -2.23. The van der Waals surface area contributed by atoms with Crippen LogP contribution in [0.5, 0.6) is 0 Å². The van der Waals surface area contributed by atoms with Crippen LogP contribution < -0.4 is 5.32 Å². The lowest BCUT2D eigenvalue weighted by molar-refractivity contribution is 0.0610. The SMILES string of the molecule is CCNCc1cncn1CC1CCOCC1. The van der Waals surface area contributed by atoms with Crippen molar-refractivity contribution < 1.29 is 4.74 Å². The minimum atomic E-state index is 0.753. The third-order valence-electron chi connectivity index (χ3n) is 3.15. The number of nitrogens with one attached hydrogen (secondary N) is 1. The molecule has 1 aliphatic rings. The fourth-order valence-corrected chi connectivity index (χ4v) is 2.12. The van der Waals surface area contributed by atoms with Gasteiger partial charge in [-0.05, 0) is 25.3 Å². The molecule has 1 aliphatic heterocycles. The zero-order valence-electron chi connectivity index (χ0n) is 9.98. The minimum Gasteiger partial charge on any atom is -0.381 e. The van der Waals surface area contributed by atoms with Crippen LogP contribution in [0.1, 0.15) is 25.5 Å². The van der Waals surface area contributed by atoms with Gasteiger partial charge in [-0.1, -0.05) is 6.92 Å². The van der Waals surface area contributed by atoms with Crippen LogP contribution in [0.15, 0.2) is 12.5 Å². The number of nitrogens with zero attached hydrogens (tertiary/aromatic N) is 2. The third-order valence-corrected chi connectivity index (χ3v) is 3.15. The van der Waals surface area contributed by atoms with Gasteiger partial charge >= 0.3 is 0 Å². The van der Waals surface area contributed by atoms with Crippen molar-refractivity contribution in [2.24, 2.45) is 5.92 Å². The quantitative estimate of drug-likeness (QED) is 0.820. The van der Waals surface area contributed by atoms with E-state index in [1.807, 2.05) is 12.5 Å². The Morgan fingerprint density at radius 1 is 1.50 bits per heavy atom. The molecule has 0 aliphatic carbocycles. The molecule has 0 unspecified atom stereocenters. The Hall–Kier alpha value is -0.870.